The summed E-state index contributed by atoms with van der Waals surface area (Å²) in [7, 11) is -3.87. The molecule has 0 spiro atoms. The standard InChI is InChI=1S/C23H16ClN3O5S/c24-19-12-18(11-10-16-6-8-17(14-28)9-7-16)22-25-21(23(27(29)30)26(22)13-19)15-33(31,32)20-4-2-1-3-5-20/h1-9,12-13,28H,14-15H2. The molecule has 0 saturated heterocycles. The highest BCUT2D eigenvalue weighted by molar-refractivity contribution is 7.90. The minimum atomic E-state index is -3.87. The maximum absolute atomic E-state index is 12.8. The van der Waals surface area contributed by atoms with E-state index in [0.717, 1.165) is 9.96 Å². The summed E-state index contributed by atoms with van der Waals surface area (Å²) >= 11 is 6.18. The van der Waals surface area contributed by atoms with E-state index in [0.29, 0.717) is 11.1 Å². The van der Waals surface area contributed by atoms with Crippen molar-refractivity contribution in [1.29, 1.82) is 0 Å². The summed E-state index contributed by atoms with van der Waals surface area (Å²) in [6.07, 6.45) is 1.31. The number of nitrogens with zero attached hydrogens (tertiary/aromatic N) is 3. The van der Waals surface area contributed by atoms with Crippen LogP contribution in [0.2, 0.25) is 5.02 Å². The van der Waals surface area contributed by atoms with Crippen LogP contribution < -0.4 is 0 Å². The Kier molecular flexibility index (Phi) is 6.16. The zero-order chi connectivity index (χ0) is 23.6. The number of hydrogen-bond acceptors (Lipinski definition) is 6. The van der Waals surface area contributed by atoms with Crippen molar-refractivity contribution in [3.05, 3.63) is 104 Å². The Morgan fingerprint density at radius 1 is 1.09 bits per heavy atom. The van der Waals surface area contributed by atoms with Crippen LogP contribution in [0.1, 0.15) is 22.4 Å². The molecule has 33 heavy (non-hydrogen) atoms. The first-order valence-corrected chi connectivity index (χ1v) is 11.7. The Bertz CT molecular complexity index is 1520. The van der Waals surface area contributed by atoms with Crippen molar-refractivity contribution in [3.8, 4) is 11.8 Å². The van der Waals surface area contributed by atoms with Gasteiger partial charge in [-0.3, -0.25) is 0 Å². The van der Waals surface area contributed by atoms with Crippen LogP contribution in [-0.2, 0) is 22.2 Å². The number of nitro groups is 1. The third kappa shape index (κ3) is 4.73. The number of aliphatic hydroxyl groups is 1. The molecule has 2 heterocycles. The van der Waals surface area contributed by atoms with Crippen molar-refractivity contribution in [2.75, 3.05) is 0 Å². The van der Waals surface area contributed by atoms with Gasteiger partial charge < -0.3 is 15.2 Å². The van der Waals surface area contributed by atoms with Crippen molar-refractivity contribution in [1.82, 2.24) is 9.38 Å². The fourth-order valence-electron chi connectivity index (χ4n) is 3.25. The average molecular weight is 482 g/mol. The average Bonchev–Trinajstić information content (AvgIpc) is 3.15. The molecule has 4 aromatic rings. The van der Waals surface area contributed by atoms with Crippen molar-refractivity contribution >= 4 is 32.9 Å². The summed E-state index contributed by atoms with van der Waals surface area (Å²) in [5, 5.41) is 21.2. The Morgan fingerprint density at radius 3 is 2.42 bits per heavy atom. The van der Waals surface area contributed by atoms with Gasteiger partial charge >= 0.3 is 5.82 Å². The predicted molar refractivity (Wildman–Crippen MR) is 123 cm³/mol. The van der Waals surface area contributed by atoms with Gasteiger partial charge in [0.15, 0.2) is 15.5 Å². The maximum atomic E-state index is 12.8. The van der Waals surface area contributed by atoms with Gasteiger partial charge in [0.1, 0.15) is 11.9 Å². The second-order valence-corrected chi connectivity index (χ2v) is 9.51. The topological polar surface area (TPSA) is 115 Å². The molecule has 1 N–H and O–H groups in total. The van der Waals surface area contributed by atoms with Crippen molar-refractivity contribution in [2.24, 2.45) is 0 Å². The molecule has 8 nitrogen and oxygen atoms in total. The number of imidazole rings is 1. The minimum Gasteiger partial charge on any atom is -0.392 e. The van der Waals surface area contributed by atoms with E-state index in [1.54, 1.807) is 42.5 Å². The molecule has 2 aromatic carbocycles. The quantitative estimate of drug-likeness (QED) is 0.263. The normalized spacial score (nSPS) is 11.2. The van der Waals surface area contributed by atoms with E-state index in [2.05, 4.69) is 16.8 Å². The summed E-state index contributed by atoms with van der Waals surface area (Å²) in [5.74, 6) is 4.70. The third-order valence-corrected chi connectivity index (χ3v) is 6.66. The molecular formula is C23H16ClN3O5S. The summed E-state index contributed by atoms with van der Waals surface area (Å²) in [6.45, 7) is -0.0883. The SMILES string of the molecule is O=[N+]([O-])c1c(CS(=O)(=O)c2ccccc2)nc2c(C#Cc3ccc(CO)cc3)cc(Cl)cn12. The van der Waals surface area contributed by atoms with Crippen LogP contribution in [-0.4, -0.2) is 27.8 Å². The van der Waals surface area contributed by atoms with E-state index in [4.69, 9.17) is 16.7 Å². The first-order valence-electron chi connectivity index (χ1n) is 9.63. The Hall–Kier alpha value is -3.71. The van der Waals surface area contributed by atoms with Crippen molar-refractivity contribution < 1.29 is 18.4 Å². The van der Waals surface area contributed by atoms with Crippen molar-refractivity contribution in [2.45, 2.75) is 17.3 Å². The van der Waals surface area contributed by atoms with Gasteiger partial charge in [-0.2, -0.15) is 4.40 Å². The summed E-state index contributed by atoms with van der Waals surface area (Å²) in [5.41, 5.74) is 1.61. The van der Waals surface area contributed by atoms with Crippen LogP contribution in [0.25, 0.3) is 5.65 Å². The van der Waals surface area contributed by atoms with Crippen LogP contribution in [0, 0.1) is 22.0 Å². The van der Waals surface area contributed by atoms with E-state index in [9.17, 15) is 18.5 Å². The van der Waals surface area contributed by atoms with Crippen molar-refractivity contribution in [3.63, 3.8) is 0 Å². The lowest BCUT2D eigenvalue weighted by Gasteiger charge is -2.02. The Balaban J connectivity index is 1.83. The lowest BCUT2D eigenvalue weighted by atomic mass is 10.1. The van der Waals surface area contributed by atoms with Crippen LogP contribution >= 0.6 is 11.6 Å². The van der Waals surface area contributed by atoms with E-state index < -0.39 is 26.3 Å². The number of halogens is 1. The van der Waals surface area contributed by atoms with Gasteiger partial charge in [-0.25, -0.2) is 13.4 Å². The van der Waals surface area contributed by atoms with Gasteiger partial charge in [-0.1, -0.05) is 53.8 Å². The van der Waals surface area contributed by atoms with Crippen LogP contribution in [0.4, 0.5) is 5.82 Å². The van der Waals surface area contributed by atoms with E-state index in [-0.39, 0.29) is 27.9 Å². The van der Waals surface area contributed by atoms with Gasteiger partial charge in [0, 0.05) is 5.56 Å². The monoisotopic (exact) mass is 481 g/mol. The molecule has 0 atom stereocenters. The molecule has 0 bridgehead atoms. The predicted octanol–water partition coefficient (Wildman–Crippen LogP) is 3.76. The largest absolute Gasteiger partial charge is 0.392 e. The number of pyridine rings is 1. The molecule has 0 radical (unpaired) electrons. The number of rotatable bonds is 5. The molecule has 4 rings (SSSR count). The van der Waals surface area contributed by atoms with Gasteiger partial charge in [0.2, 0.25) is 5.65 Å². The molecule has 0 aliphatic heterocycles. The van der Waals surface area contributed by atoms with Crippen LogP contribution in [0.15, 0.2) is 71.8 Å². The molecule has 0 aliphatic carbocycles. The zero-order valence-electron chi connectivity index (χ0n) is 17.0. The highest BCUT2D eigenvalue weighted by Crippen LogP contribution is 2.28. The van der Waals surface area contributed by atoms with E-state index >= 15 is 0 Å². The molecule has 0 amide bonds. The molecule has 10 heteroatoms. The number of fused-ring (bicyclic) bond motifs is 1. The Labute approximate surface area is 194 Å². The number of aliphatic hydroxyl groups excluding tert-OH is 1. The van der Waals surface area contributed by atoms with Gasteiger partial charge in [0.25, 0.3) is 0 Å². The lowest BCUT2D eigenvalue weighted by Crippen LogP contribution is -2.07. The Morgan fingerprint density at radius 2 is 1.79 bits per heavy atom. The third-order valence-electron chi connectivity index (χ3n) is 4.81. The fourth-order valence-corrected chi connectivity index (χ4v) is 4.75. The smallest absolute Gasteiger partial charge is 0.352 e. The number of sulfone groups is 1. The van der Waals surface area contributed by atoms with Gasteiger partial charge in [-0.15, -0.1) is 0 Å². The number of benzene rings is 2. The lowest BCUT2D eigenvalue weighted by molar-refractivity contribution is -0.391. The summed E-state index contributed by atoms with van der Waals surface area (Å²) in [6, 6.07) is 16.1. The first-order chi connectivity index (χ1) is 15.8. The minimum absolute atomic E-state index is 0.0423. The number of aromatic nitrogens is 2. The fraction of sp³-hybridized carbons (Fsp3) is 0.0870. The summed E-state index contributed by atoms with van der Waals surface area (Å²) < 4.78 is 26.8. The second kappa shape index (κ2) is 9.03. The highest BCUT2D eigenvalue weighted by Gasteiger charge is 2.29. The number of hydrogen-bond donors (Lipinski definition) is 1. The second-order valence-electron chi connectivity index (χ2n) is 7.08. The van der Waals surface area contributed by atoms with Gasteiger partial charge in [0.05, 0.1) is 22.1 Å². The highest BCUT2D eigenvalue weighted by atomic mass is 35.5. The van der Waals surface area contributed by atoms with Crippen LogP contribution in [0.5, 0.6) is 0 Å². The molecule has 0 unspecified atom stereocenters. The first kappa shape index (κ1) is 22.5. The van der Waals surface area contributed by atoms with E-state index in [1.807, 2.05) is 0 Å². The van der Waals surface area contributed by atoms with Crippen LogP contribution in [0.3, 0.4) is 0 Å². The van der Waals surface area contributed by atoms with E-state index in [1.165, 1.54) is 24.4 Å². The molecular weight excluding hydrogens is 466 g/mol. The molecule has 166 valence electrons. The molecule has 0 fully saturated rings. The maximum Gasteiger partial charge on any atom is 0.352 e. The van der Waals surface area contributed by atoms with Gasteiger partial charge in [-0.05, 0) is 40.8 Å². The molecule has 2 aromatic heterocycles. The zero-order valence-corrected chi connectivity index (χ0v) is 18.5. The molecule has 0 saturated carbocycles. The molecule has 0 aliphatic rings. The summed E-state index contributed by atoms with van der Waals surface area (Å²) in [4.78, 5) is 15.5.